The Balaban J connectivity index is 1.40. The summed E-state index contributed by atoms with van der Waals surface area (Å²) in [6, 6.07) is 12.3. The van der Waals surface area contributed by atoms with E-state index in [0.717, 1.165) is 23.0 Å². The topological polar surface area (TPSA) is 138 Å². The molecule has 1 aromatic carbocycles. The monoisotopic (exact) mass is 434 g/mol. The number of hydrogen-bond acceptors (Lipinski definition) is 8. The molecular formula is C21H18N6O5. The Hall–Kier alpha value is -4.54. The number of furan rings is 1. The van der Waals surface area contributed by atoms with Crippen molar-refractivity contribution in [2.75, 3.05) is 5.32 Å². The second-order valence-electron chi connectivity index (χ2n) is 6.91. The normalized spacial score (nSPS) is 10.7. The maximum atomic E-state index is 12.1. The van der Waals surface area contributed by atoms with Crippen molar-refractivity contribution in [3.05, 3.63) is 81.4 Å². The number of aryl methyl sites for hydroxylation is 1. The van der Waals surface area contributed by atoms with Gasteiger partial charge in [0.2, 0.25) is 5.88 Å². The molecule has 4 aromatic rings. The number of nitro groups is 1. The number of carbonyl (C=O) groups excluding carboxylic acids is 1. The Kier molecular flexibility index (Phi) is 5.37. The maximum Gasteiger partial charge on any atom is 0.433 e. The first-order valence-corrected chi connectivity index (χ1v) is 9.52. The number of ether oxygens (including phenoxy) is 1. The number of aromatic nitrogens is 4. The highest BCUT2D eigenvalue weighted by Crippen LogP contribution is 2.23. The molecule has 11 nitrogen and oxygen atoms in total. The van der Waals surface area contributed by atoms with Crippen LogP contribution in [0.4, 0.5) is 11.6 Å². The summed E-state index contributed by atoms with van der Waals surface area (Å²) >= 11 is 0. The molecule has 0 fully saturated rings. The SMILES string of the molecule is Cc1nn(-c2ccc(Oc3ccc(NC(=O)c4ccc([N+](=O)[O-])o4)cc3)nn2)c(C)c1C. The first-order valence-electron chi connectivity index (χ1n) is 9.52. The number of carbonyl (C=O) groups is 1. The van der Waals surface area contributed by atoms with E-state index in [1.54, 1.807) is 41.1 Å². The van der Waals surface area contributed by atoms with Gasteiger partial charge in [-0.15, -0.1) is 10.2 Å². The Labute approximate surface area is 181 Å². The molecule has 4 rings (SSSR count). The van der Waals surface area contributed by atoms with E-state index in [2.05, 4.69) is 20.6 Å². The van der Waals surface area contributed by atoms with Gasteiger partial charge in [0.25, 0.3) is 5.91 Å². The molecule has 32 heavy (non-hydrogen) atoms. The van der Waals surface area contributed by atoms with Gasteiger partial charge in [0.05, 0.1) is 11.8 Å². The van der Waals surface area contributed by atoms with E-state index in [0.29, 0.717) is 23.1 Å². The minimum Gasteiger partial charge on any atom is -0.438 e. The fourth-order valence-electron chi connectivity index (χ4n) is 2.89. The second kappa shape index (κ2) is 8.30. The third-order valence-electron chi connectivity index (χ3n) is 4.83. The van der Waals surface area contributed by atoms with Gasteiger partial charge in [0, 0.05) is 17.4 Å². The van der Waals surface area contributed by atoms with Gasteiger partial charge < -0.3 is 14.5 Å². The van der Waals surface area contributed by atoms with Gasteiger partial charge in [0.15, 0.2) is 11.6 Å². The van der Waals surface area contributed by atoms with Crippen LogP contribution in [0.5, 0.6) is 11.6 Å². The molecule has 0 aliphatic carbocycles. The van der Waals surface area contributed by atoms with Crippen LogP contribution in [-0.2, 0) is 0 Å². The highest BCUT2D eigenvalue weighted by molar-refractivity contribution is 6.02. The smallest absolute Gasteiger partial charge is 0.433 e. The standard InChI is InChI=1S/C21H18N6O5/c1-12-13(2)25-26(14(12)3)18-9-10-19(24-23-18)31-16-6-4-15(5-7-16)22-21(28)17-8-11-20(32-17)27(29)30/h4-11H,1-3H3,(H,22,28). The van der Waals surface area contributed by atoms with Crippen molar-refractivity contribution in [2.45, 2.75) is 20.8 Å². The number of benzene rings is 1. The van der Waals surface area contributed by atoms with Crippen LogP contribution < -0.4 is 10.1 Å². The molecule has 1 amide bonds. The van der Waals surface area contributed by atoms with Crippen molar-refractivity contribution in [1.29, 1.82) is 0 Å². The van der Waals surface area contributed by atoms with Crippen molar-refractivity contribution < 1.29 is 18.9 Å². The maximum absolute atomic E-state index is 12.1. The molecule has 3 heterocycles. The van der Waals surface area contributed by atoms with E-state index in [1.165, 1.54) is 6.07 Å². The Bertz CT molecular complexity index is 1290. The second-order valence-corrected chi connectivity index (χ2v) is 6.91. The fourth-order valence-corrected chi connectivity index (χ4v) is 2.89. The largest absolute Gasteiger partial charge is 0.438 e. The number of anilines is 1. The molecular weight excluding hydrogens is 416 g/mol. The lowest BCUT2D eigenvalue weighted by molar-refractivity contribution is -0.402. The molecule has 1 N–H and O–H groups in total. The van der Waals surface area contributed by atoms with Gasteiger partial charge in [-0.05, 0) is 62.7 Å². The zero-order valence-electron chi connectivity index (χ0n) is 17.4. The predicted molar refractivity (Wildman–Crippen MR) is 113 cm³/mol. The number of rotatable bonds is 6. The lowest BCUT2D eigenvalue weighted by Crippen LogP contribution is -2.10. The van der Waals surface area contributed by atoms with Gasteiger partial charge in [-0.2, -0.15) is 5.10 Å². The minimum atomic E-state index is -0.712. The molecule has 0 unspecified atom stereocenters. The molecule has 0 atom stereocenters. The van der Waals surface area contributed by atoms with E-state index in [1.807, 2.05) is 20.8 Å². The first-order chi connectivity index (χ1) is 15.3. The molecule has 0 saturated heterocycles. The van der Waals surface area contributed by atoms with Gasteiger partial charge >= 0.3 is 5.88 Å². The number of nitrogens with zero attached hydrogens (tertiary/aromatic N) is 5. The van der Waals surface area contributed by atoms with E-state index >= 15 is 0 Å². The molecule has 0 aliphatic rings. The van der Waals surface area contributed by atoms with Crippen LogP contribution in [0, 0.1) is 30.9 Å². The van der Waals surface area contributed by atoms with Crippen LogP contribution in [0.25, 0.3) is 5.82 Å². The Morgan fingerprint density at radius 3 is 2.38 bits per heavy atom. The highest BCUT2D eigenvalue weighted by atomic mass is 16.6. The minimum absolute atomic E-state index is 0.162. The summed E-state index contributed by atoms with van der Waals surface area (Å²) in [5, 5.41) is 26.0. The van der Waals surface area contributed by atoms with E-state index in [-0.39, 0.29) is 5.76 Å². The zero-order valence-corrected chi connectivity index (χ0v) is 17.4. The predicted octanol–water partition coefficient (Wildman–Crippen LogP) is 4.13. The van der Waals surface area contributed by atoms with Crippen LogP contribution in [0.3, 0.4) is 0 Å². The summed E-state index contributed by atoms with van der Waals surface area (Å²) in [4.78, 5) is 22.1. The molecule has 11 heteroatoms. The quantitative estimate of drug-likeness (QED) is 0.353. The van der Waals surface area contributed by atoms with Crippen molar-refractivity contribution in [1.82, 2.24) is 20.0 Å². The number of nitrogens with one attached hydrogen (secondary N) is 1. The molecule has 0 bridgehead atoms. The summed E-state index contributed by atoms with van der Waals surface area (Å²) in [6.45, 7) is 5.91. The molecule has 0 radical (unpaired) electrons. The third-order valence-corrected chi connectivity index (χ3v) is 4.83. The van der Waals surface area contributed by atoms with Crippen LogP contribution in [0.15, 0.2) is 52.9 Å². The Morgan fingerprint density at radius 2 is 1.81 bits per heavy atom. The number of amides is 1. The van der Waals surface area contributed by atoms with Crippen molar-refractivity contribution in [2.24, 2.45) is 0 Å². The van der Waals surface area contributed by atoms with Crippen LogP contribution in [-0.4, -0.2) is 30.8 Å². The van der Waals surface area contributed by atoms with Gasteiger partial charge in [0.1, 0.15) is 10.7 Å². The van der Waals surface area contributed by atoms with Crippen LogP contribution >= 0.6 is 0 Å². The van der Waals surface area contributed by atoms with E-state index in [9.17, 15) is 14.9 Å². The van der Waals surface area contributed by atoms with Crippen LogP contribution in [0.2, 0.25) is 0 Å². The van der Waals surface area contributed by atoms with Gasteiger partial charge in [-0.25, -0.2) is 4.68 Å². The lowest BCUT2D eigenvalue weighted by Gasteiger charge is -2.07. The highest BCUT2D eigenvalue weighted by Gasteiger charge is 2.17. The molecule has 0 saturated carbocycles. The van der Waals surface area contributed by atoms with E-state index < -0.39 is 16.7 Å². The van der Waals surface area contributed by atoms with Gasteiger partial charge in [-0.3, -0.25) is 14.9 Å². The van der Waals surface area contributed by atoms with Crippen LogP contribution in [0.1, 0.15) is 27.5 Å². The molecule has 0 spiro atoms. The summed E-state index contributed by atoms with van der Waals surface area (Å²) in [5.41, 5.74) is 3.49. The molecule has 3 aromatic heterocycles. The average molecular weight is 434 g/mol. The summed E-state index contributed by atoms with van der Waals surface area (Å²) in [6.07, 6.45) is 0. The summed E-state index contributed by atoms with van der Waals surface area (Å²) in [7, 11) is 0. The Morgan fingerprint density at radius 1 is 1.06 bits per heavy atom. The zero-order chi connectivity index (χ0) is 22.8. The summed E-state index contributed by atoms with van der Waals surface area (Å²) < 4.78 is 12.3. The fraction of sp³-hybridized carbons (Fsp3) is 0.143. The van der Waals surface area contributed by atoms with Gasteiger partial charge in [-0.1, -0.05) is 0 Å². The third kappa shape index (κ3) is 4.17. The van der Waals surface area contributed by atoms with Crippen molar-refractivity contribution >= 4 is 17.5 Å². The van der Waals surface area contributed by atoms with Crippen molar-refractivity contribution in [3.8, 4) is 17.4 Å². The average Bonchev–Trinajstić information content (AvgIpc) is 3.38. The summed E-state index contributed by atoms with van der Waals surface area (Å²) in [5.74, 6) is 0.103. The lowest BCUT2D eigenvalue weighted by atomic mass is 10.2. The molecule has 162 valence electrons. The van der Waals surface area contributed by atoms with E-state index in [4.69, 9.17) is 9.15 Å². The molecule has 0 aliphatic heterocycles. The number of hydrogen-bond donors (Lipinski definition) is 1. The van der Waals surface area contributed by atoms with Crippen molar-refractivity contribution in [3.63, 3.8) is 0 Å². The first kappa shape index (κ1) is 20.7.